The molecule has 2 aromatic carbocycles. The van der Waals surface area contributed by atoms with Gasteiger partial charge in [-0.05, 0) is 36.6 Å². The third kappa shape index (κ3) is 3.57. The van der Waals surface area contributed by atoms with Crippen molar-refractivity contribution >= 4 is 11.8 Å². The highest BCUT2D eigenvalue weighted by atomic mass is 32.2. The largest absolute Gasteiger partial charge is 0.454 e. The maximum atomic E-state index is 5.53. The van der Waals surface area contributed by atoms with Gasteiger partial charge in [0, 0.05) is 36.2 Å². The van der Waals surface area contributed by atoms with Gasteiger partial charge in [0.2, 0.25) is 6.79 Å². The molecule has 4 rings (SSSR count). The molecule has 0 saturated carbocycles. The van der Waals surface area contributed by atoms with Crippen LogP contribution in [0.15, 0.2) is 54.7 Å². The van der Waals surface area contributed by atoms with Crippen molar-refractivity contribution in [3.8, 4) is 28.4 Å². The lowest BCUT2D eigenvalue weighted by Crippen LogP contribution is -2.16. The number of para-hydroxylation sites is 1. The topological polar surface area (TPSA) is 48.3 Å². The van der Waals surface area contributed by atoms with Crippen LogP contribution in [0.1, 0.15) is 5.56 Å². The number of fused-ring (bicyclic) bond motifs is 1. The normalized spacial score (nSPS) is 12.5. The van der Waals surface area contributed by atoms with E-state index in [1.165, 1.54) is 0 Å². The van der Waals surface area contributed by atoms with Crippen molar-refractivity contribution in [2.75, 3.05) is 25.3 Å². The first kappa shape index (κ1) is 17.0. The fourth-order valence-corrected chi connectivity index (χ4v) is 3.28. The Hall–Kier alpha value is -2.44. The van der Waals surface area contributed by atoms with Crippen LogP contribution in [0.3, 0.4) is 0 Å². The Balaban J connectivity index is 1.68. The Labute approximate surface area is 157 Å². The molecule has 1 N–H and O–H groups in total. The number of nitrogens with zero attached hydrogens (tertiary/aromatic N) is 2. The van der Waals surface area contributed by atoms with E-state index in [-0.39, 0.29) is 6.79 Å². The lowest BCUT2D eigenvalue weighted by atomic mass is 10.1. The molecule has 0 unspecified atom stereocenters. The van der Waals surface area contributed by atoms with Gasteiger partial charge < -0.3 is 14.8 Å². The number of thioether (sulfide) groups is 1. The van der Waals surface area contributed by atoms with Crippen molar-refractivity contribution < 1.29 is 9.47 Å². The molecule has 134 valence electrons. The van der Waals surface area contributed by atoms with Crippen LogP contribution < -0.4 is 14.8 Å². The third-order valence-electron chi connectivity index (χ3n) is 4.26. The summed E-state index contributed by atoms with van der Waals surface area (Å²) in [7, 11) is 0. The van der Waals surface area contributed by atoms with Gasteiger partial charge in [-0.25, -0.2) is 4.68 Å². The van der Waals surface area contributed by atoms with Crippen molar-refractivity contribution in [2.45, 2.75) is 6.54 Å². The second-order valence-electron chi connectivity index (χ2n) is 6.02. The fraction of sp³-hybridized carbons (Fsp3) is 0.250. The van der Waals surface area contributed by atoms with E-state index in [9.17, 15) is 0 Å². The van der Waals surface area contributed by atoms with Crippen LogP contribution in [0.4, 0.5) is 0 Å². The minimum Gasteiger partial charge on any atom is -0.454 e. The van der Waals surface area contributed by atoms with Crippen molar-refractivity contribution in [3.05, 3.63) is 60.3 Å². The van der Waals surface area contributed by atoms with Crippen molar-refractivity contribution in [3.63, 3.8) is 0 Å². The van der Waals surface area contributed by atoms with Crippen LogP contribution in [0.5, 0.6) is 11.5 Å². The van der Waals surface area contributed by atoms with Gasteiger partial charge >= 0.3 is 0 Å². The zero-order chi connectivity index (χ0) is 17.8. The van der Waals surface area contributed by atoms with Crippen LogP contribution in [0.25, 0.3) is 16.9 Å². The molecule has 1 aliphatic rings. The van der Waals surface area contributed by atoms with Gasteiger partial charge in [-0.3, -0.25) is 0 Å². The Morgan fingerprint density at radius 1 is 1.12 bits per heavy atom. The van der Waals surface area contributed by atoms with Gasteiger partial charge in [-0.15, -0.1) is 0 Å². The predicted molar refractivity (Wildman–Crippen MR) is 105 cm³/mol. The van der Waals surface area contributed by atoms with E-state index in [1.54, 1.807) is 0 Å². The highest BCUT2D eigenvalue weighted by Gasteiger charge is 2.17. The summed E-state index contributed by atoms with van der Waals surface area (Å²) >= 11 is 1.84. The molecule has 0 amide bonds. The molecule has 6 heteroatoms. The number of nitrogens with one attached hydrogen (secondary N) is 1. The Bertz CT molecular complexity index is 880. The van der Waals surface area contributed by atoms with E-state index in [1.807, 2.05) is 52.8 Å². The Morgan fingerprint density at radius 2 is 1.96 bits per heavy atom. The number of benzene rings is 2. The summed E-state index contributed by atoms with van der Waals surface area (Å²) in [4.78, 5) is 0. The minimum atomic E-state index is 0.278. The number of rotatable bonds is 7. The quantitative estimate of drug-likeness (QED) is 0.645. The summed E-state index contributed by atoms with van der Waals surface area (Å²) < 4.78 is 12.9. The molecular formula is C20H21N3O2S. The van der Waals surface area contributed by atoms with Crippen LogP contribution in [0.2, 0.25) is 0 Å². The van der Waals surface area contributed by atoms with E-state index >= 15 is 0 Å². The van der Waals surface area contributed by atoms with Gasteiger partial charge in [-0.1, -0.05) is 18.2 Å². The average Bonchev–Trinajstić information content (AvgIpc) is 3.32. The summed E-state index contributed by atoms with van der Waals surface area (Å²) in [6.45, 7) is 2.02. The number of hydrogen-bond donors (Lipinski definition) is 1. The van der Waals surface area contributed by atoms with Crippen LogP contribution in [-0.4, -0.2) is 35.1 Å². The second kappa shape index (κ2) is 7.85. The molecule has 2 heterocycles. The van der Waals surface area contributed by atoms with E-state index in [0.717, 1.165) is 52.8 Å². The van der Waals surface area contributed by atoms with Gasteiger partial charge in [0.1, 0.15) is 0 Å². The number of hydrogen-bond acceptors (Lipinski definition) is 5. The first-order chi connectivity index (χ1) is 12.8. The molecule has 0 saturated heterocycles. The molecule has 0 radical (unpaired) electrons. The summed E-state index contributed by atoms with van der Waals surface area (Å²) in [5.41, 5.74) is 4.20. The minimum absolute atomic E-state index is 0.278. The molecule has 1 aromatic heterocycles. The molecule has 1 aliphatic heterocycles. The molecule has 26 heavy (non-hydrogen) atoms. The smallest absolute Gasteiger partial charge is 0.231 e. The molecule has 0 aliphatic carbocycles. The van der Waals surface area contributed by atoms with Crippen molar-refractivity contribution in [1.82, 2.24) is 15.1 Å². The molecule has 3 aromatic rings. The third-order valence-corrected chi connectivity index (χ3v) is 4.87. The summed E-state index contributed by atoms with van der Waals surface area (Å²) in [5, 5.41) is 8.35. The van der Waals surface area contributed by atoms with Gasteiger partial charge in [-0.2, -0.15) is 16.9 Å². The second-order valence-corrected chi connectivity index (χ2v) is 7.01. The van der Waals surface area contributed by atoms with Gasteiger partial charge in [0.15, 0.2) is 11.5 Å². The van der Waals surface area contributed by atoms with Gasteiger partial charge in [0.25, 0.3) is 0 Å². The molecule has 0 bridgehead atoms. The van der Waals surface area contributed by atoms with Crippen LogP contribution in [-0.2, 0) is 6.54 Å². The monoisotopic (exact) mass is 367 g/mol. The van der Waals surface area contributed by atoms with Crippen molar-refractivity contribution in [2.24, 2.45) is 0 Å². The molecular weight excluding hydrogens is 346 g/mol. The number of ether oxygens (including phenoxy) is 2. The average molecular weight is 367 g/mol. The Kier molecular flexibility index (Phi) is 5.13. The SMILES string of the molecule is CSCCNCc1cn(-c2ccccc2)nc1-c1ccc2c(c1)OCO2. The summed E-state index contributed by atoms with van der Waals surface area (Å²) in [6, 6.07) is 16.2. The highest BCUT2D eigenvalue weighted by molar-refractivity contribution is 7.98. The maximum Gasteiger partial charge on any atom is 0.231 e. The van der Waals surface area contributed by atoms with E-state index in [2.05, 4.69) is 29.9 Å². The molecule has 0 fully saturated rings. The van der Waals surface area contributed by atoms with E-state index in [0.29, 0.717) is 0 Å². The standard InChI is InChI=1S/C20H21N3O2S/c1-26-10-9-21-12-16-13-23(17-5-3-2-4-6-17)22-20(16)15-7-8-18-19(11-15)25-14-24-18/h2-8,11,13,21H,9-10,12,14H2,1H3. The summed E-state index contributed by atoms with van der Waals surface area (Å²) in [6.07, 6.45) is 4.22. The molecule has 5 nitrogen and oxygen atoms in total. The fourth-order valence-electron chi connectivity index (χ4n) is 2.94. The van der Waals surface area contributed by atoms with Crippen LogP contribution in [0, 0.1) is 0 Å². The highest BCUT2D eigenvalue weighted by Crippen LogP contribution is 2.36. The van der Waals surface area contributed by atoms with Gasteiger partial charge in [0.05, 0.1) is 11.4 Å². The molecule has 0 spiro atoms. The maximum absolute atomic E-state index is 5.53. The number of aromatic nitrogens is 2. The lowest BCUT2D eigenvalue weighted by Gasteiger charge is -2.05. The summed E-state index contributed by atoms with van der Waals surface area (Å²) in [5.74, 6) is 2.65. The van der Waals surface area contributed by atoms with E-state index < -0.39 is 0 Å². The van der Waals surface area contributed by atoms with E-state index in [4.69, 9.17) is 14.6 Å². The first-order valence-corrected chi connectivity index (χ1v) is 9.98. The Morgan fingerprint density at radius 3 is 2.81 bits per heavy atom. The lowest BCUT2D eigenvalue weighted by molar-refractivity contribution is 0.174. The first-order valence-electron chi connectivity index (χ1n) is 8.59. The predicted octanol–water partition coefficient (Wildman–Crippen LogP) is 3.72. The molecule has 0 atom stereocenters. The zero-order valence-corrected chi connectivity index (χ0v) is 15.5. The zero-order valence-electron chi connectivity index (χ0n) is 14.6. The van der Waals surface area contributed by atoms with Crippen LogP contribution >= 0.6 is 11.8 Å². The van der Waals surface area contributed by atoms with Crippen molar-refractivity contribution in [1.29, 1.82) is 0 Å².